The fourth-order valence-corrected chi connectivity index (χ4v) is 3.29. The van der Waals surface area contributed by atoms with E-state index in [4.69, 9.17) is 4.42 Å². The number of furan rings is 1. The van der Waals surface area contributed by atoms with Crippen molar-refractivity contribution in [3.05, 3.63) is 73.2 Å². The van der Waals surface area contributed by atoms with Gasteiger partial charge in [-0.3, -0.25) is 0 Å². The van der Waals surface area contributed by atoms with Crippen molar-refractivity contribution >= 4 is 43.1 Å². The molecule has 4 aromatic carbocycles. The van der Waals surface area contributed by atoms with Crippen molar-refractivity contribution < 1.29 is 4.42 Å². The largest absolute Gasteiger partial charge is 0.471 e. The van der Waals surface area contributed by atoms with Crippen LogP contribution in [0.3, 0.4) is 0 Å². The normalized spacial score (nSPS) is 11.8. The molecule has 1 heterocycles. The van der Waals surface area contributed by atoms with Crippen LogP contribution in [0.25, 0.3) is 43.1 Å². The Bertz CT molecular complexity index is 1130. The third kappa shape index (κ3) is 1.46. The van der Waals surface area contributed by atoms with Crippen molar-refractivity contribution in [1.82, 2.24) is 0 Å². The van der Waals surface area contributed by atoms with Crippen LogP contribution in [0.5, 0.6) is 0 Å². The van der Waals surface area contributed by atoms with Crippen LogP contribution in [-0.4, -0.2) is 0 Å². The molecule has 0 spiro atoms. The molecule has 0 saturated heterocycles. The Balaban J connectivity index is 2.05. The number of hydrogen-bond acceptors (Lipinski definition) is 1. The smallest absolute Gasteiger partial charge is 0.0981 e. The van der Waals surface area contributed by atoms with Crippen molar-refractivity contribution in [2.24, 2.45) is 0 Å². The van der Waals surface area contributed by atoms with Crippen molar-refractivity contribution in [2.75, 3.05) is 0 Å². The summed E-state index contributed by atoms with van der Waals surface area (Å²) in [5.74, 6) is 0. The predicted octanol–water partition coefficient (Wildman–Crippen LogP) is 5.89. The maximum atomic E-state index is 5.32. The van der Waals surface area contributed by atoms with E-state index in [2.05, 4.69) is 60.7 Å². The second-order valence-corrected chi connectivity index (χ2v) is 5.52. The summed E-state index contributed by atoms with van der Waals surface area (Å²) in [7, 11) is 0. The van der Waals surface area contributed by atoms with Crippen LogP contribution in [0.2, 0.25) is 0 Å². The topological polar surface area (TPSA) is 13.1 Å². The zero-order valence-corrected chi connectivity index (χ0v) is 11.3. The lowest BCUT2D eigenvalue weighted by atomic mass is 9.96. The van der Waals surface area contributed by atoms with Crippen LogP contribution in [0.15, 0.2) is 77.6 Å². The molecule has 5 rings (SSSR count). The number of benzene rings is 4. The first-order valence-corrected chi connectivity index (χ1v) is 7.10. The van der Waals surface area contributed by atoms with Crippen molar-refractivity contribution in [1.29, 1.82) is 0 Å². The molecule has 98 valence electrons. The number of rotatable bonds is 0. The van der Waals surface area contributed by atoms with Crippen LogP contribution < -0.4 is 0 Å². The minimum Gasteiger partial charge on any atom is -0.471 e. The Hall–Kier alpha value is -2.80. The Morgan fingerprint density at radius 2 is 1.19 bits per heavy atom. The Morgan fingerprint density at radius 3 is 2.10 bits per heavy atom. The highest BCUT2D eigenvalue weighted by atomic mass is 16.3. The summed E-state index contributed by atoms with van der Waals surface area (Å²) in [4.78, 5) is 0. The summed E-state index contributed by atoms with van der Waals surface area (Å²) in [5, 5.41) is 10.1. The molecule has 1 nitrogen and oxygen atoms in total. The molecule has 0 aliphatic rings. The summed E-state index contributed by atoms with van der Waals surface area (Å²) in [5.41, 5.74) is 0. The van der Waals surface area contributed by atoms with Gasteiger partial charge in [0.1, 0.15) is 0 Å². The number of hydrogen-bond donors (Lipinski definition) is 0. The number of fused-ring (bicyclic) bond motifs is 6. The summed E-state index contributed by atoms with van der Waals surface area (Å²) in [6.45, 7) is 0. The molecule has 1 aromatic heterocycles. The molecule has 0 saturated carbocycles. The summed E-state index contributed by atoms with van der Waals surface area (Å²) >= 11 is 0. The summed E-state index contributed by atoms with van der Waals surface area (Å²) in [6, 6.07) is 21.8. The van der Waals surface area contributed by atoms with E-state index in [1.165, 1.54) is 32.3 Å². The van der Waals surface area contributed by atoms with Crippen LogP contribution in [0, 0.1) is 0 Å². The van der Waals surface area contributed by atoms with Crippen LogP contribution in [0.4, 0.5) is 0 Å². The molecule has 0 atom stereocenters. The van der Waals surface area contributed by atoms with Crippen LogP contribution in [-0.2, 0) is 0 Å². The first-order chi connectivity index (χ1) is 10.4. The van der Waals surface area contributed by atoms with Crippen LogP contribution >= 0.6 is 0 Å². The molecule has 0 radical (unpaired) electrons. The van der Waals surface area contributed by atoms with Gasteiger partial charge in [-0.1, -0.05) is 48.5 Å². The highest BCUT2D eigenvalue weighted by Crippen LogP contribution is 2.33. The van der Waals surface area contributed by atoms with Gasteiger partial charge < -0.3 is 4.42 Å². The summed E-state index contributed by atoms with van der Waals surface area (Å²) < 4.78 is 5.32. The van der Waals surface area contributed by atoms with Gasteiger partial charge in [-0.25, -0.2) is 0 Å². The average molecular weight is 268 g/mol. The molecular weight excluding hydrogens is 256 g/mol. The first-order valence-electron chi connectivity index (χ1n) is 7.10. The van der Waals surface area contributed by atoms with Gasteiger partial charge in [0.15, 0.2) is 0 Å². The maximum absolute atomic E-state index is 5.32. The molecule has 0 amide bonds. The molecule has 21 heavy (non-hydrogen) atoms. The lowest BCUT2D eigenvalue weighted by molar-refractivity contribution is 0.572. The van der Waals surface area contributed by atoms with Gasteiger partial charge in [-0.15, -0.1) is 0 Å². The Kier molecular flexibility index (Phi) is 2.01. The van der Waals surface area contributed by atoms with E-state index >= 15 is 0 Å². The van der Waals surface area contributed by atoms with E-state index in [1.807, 2.05) is 6.26 Å². The first kappa shape index (κ1) is 10.9. The van der Waals surface area contributed by atoms with Crippen LogP contribution in [0.1, 0.15) is 0 Å². The highest BCUT2D eigenvalue weighted by Gasteiger charge is 2.06. The molecule has 0 N–H and O–H groups in total. The van der Waals surface area contributed by atoms with Gasteiger partial charge in [-0.05, 0) is 44.5 Å². The second-order valence-electron chi connectivity index (χ2n) is 5.52. The lowest BCUT2D eigenvalue weighted by Crippen LogP contribution is -1.80. The minimum atomic E-state index is 1.16. The molecular formula is C20H12O. The predicted molar refractivity (Wildman–Crippen MR) is 88.7 cm³/mol. The molecule has 1 heteroatoms. The zero-order valence-electron chi connectivity index (χ0n) is 11.3. The van der Waals surface area contributed by atoms with Gasteiger partial charge in [0.2, 0.25) is 0 Å². The van der Waals surface area contributed by atoms with Gasteiger partial charge >= 0.3 is 0 Å². The van der Waals surface area contributed by atoms with Gasteiger partial charge in [-0.2, -0.15) is 0 Å². The quantitative estimate of drug-likeness (QED) is 0.319. The van der Waals surface area contributed by atoms with Gasteiger partial charge in [0.05, 0.1) is 12.5 Å². The van der Waals surface area contributed by atoms with E-state index in [0.717, 1.165) is 10.8 Å². The molecule has 0 bridgehead atoms. The standard InChI is InChI=1S/C20H12O/c1-2-4-17-13(3-1)5-7-19-18(17)8-6-14-9-15-11-21-12-16(15)10-20(14)19/h1-12H. The van der Waals surface area contributed by atoms with E-state index < -0.39 is 0 Å². The van der Waals surface area contributed by atoms with Gasteiger partial charge in [0.25, 0.3) is 0 Å². The van der Waals surface area contributed by atoms with E-state index in [-0.39, 0.29) is 0 Å². The molecule has 0 fully saturated rings. The highest BCUT2D eigenvalue weighted by molar-refractivity contribution is 6.19. The van der Waals surface area contributed by atoms with E-state index in [1.54, 1.807) is 6.26 Å². The van der Waals surface area contributed by atoms with Crippen molar-refractivity contribution in [3.63, 3.8) is 0 Å². The fraction of sp³-hybridized carbons (Fsp3) is 0. The third-order valence-corrected chi connectivity index (χ3v) is 4.34. The molecule has 5 aromatic rings. The average Bonchev–Trinajstić information content (AvgIpc) is 2.99. The van der Waals surface area contributed by atoms with E-state index in [0.29, 0.717) is 0 Å². The maximum Gasteiger partial charge on any atom is 0.0981 e. The minimum absolute atomic E-state index is 1.16. The summed E-state index contributed by atoms with van der Waals surface area (Å²) in [6.07, 6.45) is 3.62. The van der Waals surface area contributed by atoms with Crippen molar-refractivity contribution in [2.45, 2.75) is 0 Å². The second kappa shape index (κ2) is 3.86. The Morgan fingerprint density at radius 1 is 0.476 bits per heavy atom. The van der Waals surface area contributed by atoms with Gasteiger partial charge in [0, 0.05) is 10.8 Å². The lowest BCUT2D eigenvalue weighted by Gasteiger charge is -2.07. The van der Waals surface area contributed by atoms with Crippen molar-refractivity contribution in [3.8, 4) is 0 Å². The molecule has 0 aliphatic heterocycles. The Labute approximate surface area is 121 Å². The van der Waals surface area contributed by atoms with E-state index in [9.17, 15) is 0 Å². The zero-order chi connectivity index (χ0) is 13.8. The monoisotopic (exact) mass is 268 g/mol. The molecule has 0 unspecified atom stereocenters. The molecule has 0 aliphatic carbocycles. The third-order valence-electron chi connectivity index (χ3n) is 4.34. The SMILES string of the molecule is c1ccc2c(c1)ccc1c3cc4cocc4cc3ccc21. The fourth-order valence-electron chi connectivity index (χ4n) is 3.29.